The lowest BCUT2D eigenvalue weighted by Crippen LogP contribution is -2.34. The Morgan fingerprint density at radius 2 is 2.15 bits per heavy atom. The number of hydrogen-bond acceptors (Lipinski definition) is 5. The average Bonchev–Trinajstić information content (AvgIpc) is 3.18. The van der Waals surface area contributed by atoms with E-state index in [4.69, 9.17) is 14.4 Å². The molecule has 1 aromatic heterocycles. The SMILES string of the molecule is N#C/C(=C\c1ccco1)C(=O)OCC(=O)N[C@@H]1CCCc2ccccc21. The Bertz CT molecular complexity index is 862. The van der Waals surface area contributed by atoms with E-state index >= 15 is 0 Å². The summed E-state index contributed by atoms with van der Waals surface area (Å²) in [7, 11) is 0. The molecular formula is C20H18N2O4. The Morgan fingerprint density at radius 3 is 2.92 bits per heavy atom. The number of fused-ring (bicyclic) bond motifs is 1. The molecule has 1 aromatic carbocycles. The van der Waals surface area contributed by atoms with Crippen LogP contribution in [-0.2, 0) is 20.7 Å². The third-order valence-electron chi connectivity index (χ3n) is 4.21. The Labute approximate surface area is 151 Å². The summed E-state index contributed by atoms with van der Waals surface area (Å²) in [5.41, 5.74) is 2.11. The van der Waals surface area contributed by atoms with Gasteiger partial charge in [0.2, 0.25) is 0 Å². The van der Waals surface area contributed by atoms with Crippen LogP contribution in [0.2, 0.25) is 0 Å². The first-order valence-electron chi connectivity index (χ1n) is 8.37. The fourth-order valence-electron chi connectivity index (χ4n) is 3.00. The van der Waals surface area contributed by atoms with Crippen molar-refractivity contribution in [3.05, 3.63) is 65.1 Å². The highest BCUT2D eigenvalue weighted by Gasteiger charge is 2.22. The van der Waals surface area contributed by atoms with Crippen LogP contribution in [0.4, 0.5) is 0 Å². The van der Waals surface area contributed by atoms with Gasteiger partial charge in [-0.15, -0.1) is 0 Å². The first-order valence-corrected chi connectivity index (χ1v) is 8.37. The summed E-state index contributed by atoms with van der Waals surface area (Å²) in [6.45, 7) is -0.436. The smallest absolute Gasteiger partial charge is 0.349 e. The second-order valence-corrected chi connectivity index (χ2v) is 5.97. The Kier molecular flexibility index (Phi) is 5.49. The molecule has 26 heavy (non-hydrogen) atoms. The lowest BCUT2D eigenvalue weighted by Gasteiger charge is -2.26. The van der Waals surface area contributed by atoms with Gasteiger partial charge >= 0.3 is 5.97 Å². The molecule has 0 saturated heterocycles. The fraction of sp³-hybridized carbons (Fsp3) is 0.250. The number of nitrogens with zero attached hydrogens (tertiary/aromatic N) is 1. The van der Waals surface area contributed by atoms with Gasteiger partial charge in [0.05, 0.1) is 12.3 Å². The second kappa shape index (κ2) is 8.17. The topological polar surface area (TPSA) is 92.3 Å². The molecule has 1 aliphatic rings. The number of furan rings is 1. The van der Waals surface area contributed by atoms with Gasteiger partial charge in [0, 0.05) is 6.08 Å². The molecule has 1 heterocycles. The van der Waals surface area contributed by atoms with Crippen molar-refractivity contribution in [1.29, 1.82) is 5.26 Å². The molecule has 0 saturated carbocycles. The number of rotatable bonds is 5. The molecule has 1 aliphatic carbocycles. The highest BCUT2D eigenvalue weighted by atomic mass is 16.5. The van der Waals surface area contributed by atoms with Crippen LogP contribution in [0.1, 0.15) is 35.8 Å². The number of hydrogen-bond donors (Lipinski definition) is 1. The summed E-state index contributed by atoms with van der Waals surface area (Å²) in [6.07, 6.45) is 5.55. The van der Waals surface area contributed by atoms with Gasteiger partial charge in [-0.05, 0) is 42.5 Å². The van der Waals surface area contributed by atoms with E-state index in [1.165, 1.54) is 17.9 Å². The molecule has 3 rings (SSSR count). The van der Waals surface area contributed by atoms with Crippen molar-refractivity contribution in [3.8, 4) is 6.07 Å². The molecule has 1 amide bonds. The molecule has 0 spiro atoms. The minimum atomic E-state index is -0.858. The van der Waals surface area contributed by atoms with Crippen LogP contribution in [0, 0.1) is 11.3 Å². The first-order chi connectivity index (χ1) is 12.7. The van der Waals surface area contributed by atoms with Crippen molar-refractivity contribution in [2.75, 3.05) is 6.61 Å². The van der Waals surface area contributed by atoms with Crippen LogP contribution in [0.25, 0.3) is 6.08 Å². The summed E-state index contributed by atoms with van der Waals surface area (Å²) < 4.78 is 10.0. The molecule has 0 fully saturated rings. The molecule has 1 N–H and O–H groups in total. The Hall–Kier alpha value is -3.33. The molecule has 1 atom stereocenters. The minimum Gasteiger partial charge on any atom is -0.465 e. The standard InChI is InChI=1S/C20H18N2O4/c21-12-15(11-16-7-4-10-25-16)20(24)26-13-19(23)22-18-9-3-6-14-5-1-2-8-17(14)18/h1-2,4-5,7-8,10-11,18H,3,6,9,13H2,(H,22,23)/b15-11+/t18-/m1/s1. The summed E-state index contributed by atoms with van der Waals surface area (Å²) in [4.78, 5) is 24.1. The molecule has 6 heteroatoms. The van der Waals surface area contributed by atoms with E-state index < -0.39 is 18.5 Å². The summed E-state index contributed by atoms with van der Waals surface area (Å²) in [5.74, 6) is -0.889. The van der Waals surface area contributed by atoms with Crippen LogP contribution in [0.3, 0.4) is 0 Å². The predicted octanol–water partition coefficient (Wildman–Crippen LogP) is 2.92. The summed E-state index contributed by atoms with van der Waals surface area (Å²) >= 11 is 0. The lowest BCUT2D eigenvalue weighted by atomic mass is 9.88. The van der Waals surface area contributed by atoms with Gasteiger partial charge in [-0.3, -0.25) is 4.79 Å². The molecule has 0 radical (unpaired) electrons. The van der Waals surface area contributed by atoms with E-state index in [1.807, 2.05) is 18.2 Å². The van der Waals surface area contributed by atoms with Crippen molar-refractivity contribution in [2.24, 2.45) is 0 Å². The van der Waals surface area contributed by atoms with Gasteiger partial charge in [-0.2, -0.15) is 5.26 Å². The largest absolute Gasteiger partial charge is 0.465 e. The maximum absolute atomic E-state index is 12.1. The van der Waals surface area contributed by atoms with Crippen LogP contribution in [0.15, 0.2) is 52.7 Å². The Morgan fingerprint density at radius 1 is 1.31 bits per heavy atom. The predicted molar refractivity (Wildman–Crippen MR) is 93.5 cm³/mol. The van der Waals surface area contributed by atoms with E-state index in [2.05, 4.69) is 11.4 Å². The minimum absolute atomic E-state index is 0.0831. The second-order valence-electron chi connectivity index (χ2n) is 5.97. The van der Waals surface area contributed by atoms with Crippen LogP contribution in [0.5, 0.6) is 0 Å². The van der Waals surface area contributed by atoms with Crippen LogP contribution in [-0.4, -0.2) is 18.5 Å². The average molecular weight is 350 g/mol. The number of nitrogens with one attached hydrogen (secondary N) is 1. The van der Waals surface area contributed by atoms with Gasteiger partial charge < -0.3 is 14.5 Å². The van der Waals surface area contributed by atoms with E-state index in [9.17, 15) is 9.59 Å². The molecule has 132 valence electrons. The number of amides is 1. The molecule has 0 unspecified atom stereocenters. The first kappa shape index (κ1) is 17.5. The van der Waals surface area contributed by atoms with Gasteiger partial charge in [-0.25, -0.2) is 4.79 Å². The zero-order valence-corrected chi connectivity index (χ0v) is 14.1. The Balaban J connectivity index is 1.56. The van der Waals surface area contributed by atoms with Crippen LogP contribution < -0.4 is 5.32 Å². The highest BCUT2D eigenvalue weighted by Crippen LogP contribution is 2.29. The monoisotopic (exact) mass is 350 g/mol. The maximum atomic E-state index is 12.1. The quantitative estimate of drug-likeness (QED) is 0.508. The van der Waals surface area contributed by atoms with Crippen molar-refractivity contribution < 1.29 is 18.7 Å². The lowest BCUT2D eigenvalue weighted by molar-refractivity contribution is -0.144. The van der Waals surface area contributed by atoms with E-state index in [0.717, 1.165) is 24.8 Å². The molecular weight excluding hydrogens is 332 g/mol. The number of carbonyl (C=O) groups is 2. The number of aryl methyl sites for hydroxylation is 1. The van der Waals surface area contributed by atoms with Gasteiger partial charge in [0.1, 0.15) is 17.4 Å². The third-order valence-corrected chi connectivity index (χ3v) is 4.21. The van der Waals surface area contributed by atoms with Gasteiger partial charge in [0.15, 0.2) is 6.61 Å². The van der Waals surface area contributed by atoms with E-state index in [0.29, 0.717) is 5.76 Å². The van der Waals surface area contributed by atoms with E-state index in [-0.39, 0.29) is 11.6 Å². The van der Waals surface area contributed by atoms with Crippen molar-refractivity contribution in [1.82, 2.24) is 5.32 Å². The van der Waals surface area contributed by atoms with Crippen molar-refractivity contribution >= 4 is 18.0 Å². The number of carbonyl (C=O) groups excluding carboxylic acids is 2. The molecule has 0 aliphatic heterocycles. The van der Waals surface area contributed by atoms with Gasteiger partial charge in [-0.1, -0.05) is 24.3 Å². The number of nitriles is 1. The van der Waals surface area contributed by atoms with Gasteiger partial charge in [0.25, 0.3) is 5.91 Å². The van der Waals surface area contributed by atoms with Crippen LogP contribution >= 0.6 is 0 Å². The number of esters is 1. The summed E-state index contributed by atoms with van der Waals surface area (Å²) in [5, 5.41) is 12.0. The normalized spacial score (nSPS) is 16.3. The zero-order chi connectivity index (χ0) is 18.4. The maximum Gasteiger partial charge on any atom is 0.349 e. The summed E-state index contributed by atoms with van der Waals surface area (Å²) in [6, 6.07) is 12.9. The zero-order valence-electron chi connectivity index (χ0n) is 14.1. The number of benzene rings is 1. The molecule has 2 aromatic rings. The fourth-order valence-corrected chi connectivity index (χ4v) is 3.00. The highest BCUT2D eigenvalue weighted by molar-refractivity contribution is 5.98. The number of ether oxygens (including phenoxy) is 1. The van der Waals surface area contributed by atoms with Crippen molar-refractivity contribution in [2.45, 2.75) is 25.3 Å². The molecule has 6 nitrogen and oxygen atoms in total. The van der Waals surface area contributed by atoms with Crippen molar-refractivity contribution in [3.63, 3.8) is 0 Å². The van der Waals surface area contributed by atoms with E-state index in [1.54, 1.807) is 18.2 Å². The third kappa shape index (κ3) is 4.19. The molecule has 0 bridgehead atoms.